The van der Waals surface area contributed by atoms with Gasteiger partial charge in [0.2, 0.25) is 5.91 Å². The van der Waals surface area contributed by atoms with Gasteiger partial charge in [-0.05, 0) is 6.07 Å². The normalized spacial score (nSPS) is 13.4. The minimum absolute atomic E-state index is 0.0391. The van der Waals surface area contributed by atoms with Gasteiger partial charge in [-0.1, -0.05) is 6.07 Å². The number of carbonyl (C=O) groups is 1. The van der Waals surface area contributed by atoms with Crippen molar-refractivity contribution in [2.45, 2.75) is 26.2 Å². The standard InChI is InChI=1S/C17H17N7O3/c25-15-3-1-2-4-21(15)10-17(27)22-5-6-24-14(9-22)20-13(7-16(24)26)8-23-12-18-11-19-23/h1-4,7,11-12H,5-6,8-10H2. The lowest BCUT2D eigenvalue weighted by Crippen LogP contribution is -2.44. The summed E-state index contributed by atoms with van der Waals surface area (Å²) in [5, 5.41) is 4.01. The Morgan fingerprint density at radius 1 is 1.15 bits per heavy atom. The topological polar surface area (TPSA) is 108 Å². The summed E-state index contributed by atoms with van der Waals surface area (Å²) in [7, 11) is 0. The smallest absolute Gasteiger partial charge is 0.253 e. The summed E-state index contributed by atoms with van der Waals surface area (Å²) >= 11 is 0. The second kappa shape index (κ2) is 6.98. The molecule has 10 heteroatoms. The van der Waals surface area contributed by atoms with Crippen molar-refractivity contribution in [1.29, 1.82) is 0 Å². The first-order chi connectivity index (χ1) is 13.1. The molecule has 0 saturated heterocycles. The predicted octanol–water partition coefficient (Wildman–Crippen LogP) is -0.913. The van der Waals surface area contributed by atoms with E-state index in [4.69, 9.17) is 0 Å². The van der Waals surface area contributed by atoms with Crippen LogP contribution >= 0.6 is 0 Å². The first-order valence-corrected chi connectivity index (χ1v) is 8.45. The van der Waals surface area contributed by atoms with Crippen molar-refractivity contribution in [2.75, 3.05) is 6.54 Å². The molecule has 0 spiro atoms. The Bertz CT molecular complexity index is 1080. The van der Waals surface area contributed by atoms with E-state index in [9.17, 15) is 14.4 Å². The molecule has 0 unspecified atom stereocenters. The Labute approximate surface area is 153 Å². The quantitative estimate of drug-likeness (QED) is 0.591. The number of hydrogen-bond acceptors (Lipinski definition) is 6. The van der Waals surface area contributed by atoms with Crippen LogP contribution in [-0.2, 0) is 31.0 Å². The third kappa shape index (κ3) is 3.54. The highest BCUT2D eigenvalue weighted by atomic mass is 16.2. The van der Waals surface area contributed by atoms with Crippen molar-refractivity contribution in [3.05, 3.63) is 75.3 Å². The summed E-state index contributed by atoms with van der Waals surface area (Å²) in [6, 6.07) is 6.23. The SMILES string of the molecule is O=C(Cn1ccccc1=O)N1CCn2c(nc(Cn3cncn3)cc2=O)C1. The highest BCUT2D eigenvalue weighted by Crippen LogP contribution is 2.10. The third-order valence-corrected chi connectivity index (χ3v) is 4.41. The molecule has 0 radical (unpaired) electrons. The number of carbonyl (C=O) groups excluding carboxylic acids is 1. The fraction of sp³-hybridized carbons (Fsp3) is 0.294. The van der Waals surface area contributed by atoms with E-state index in [0.29, 0.717) is 31.2 Å². The Kier molecular flexibility index (Phi) is 4.37. The molecule has 138 valence electrons. The summed E-state index contributed by atoms with van der Waals surface area (Å²) < 4.78 is 4.51. The van der Waals surface area contributed by atoms with Crippen LogP contribution < -0.4 is 11.1 Å². The summed E-state index contributed by atoms with van der Waals surface area (Å²) in [6.45, 7) is 1.29. The van der Waals surface area contributed by atoms with E-state index in [1.165, 1.54) is 23.0 Å². The molecule has 1 aliphatic rings. The van der Waals surface area contributed by atoms with E-state index in [1.807, 2.05) is 0 Å². The van der Waals surface area contributed by atoms with Gasteiger partial charge in [0.25, 0.3) is 11.1 Å². The Morgan fingerprint density at radius 2 is 2.04 bits per heavy atom. The molecule has 4 rings (SSSR count). The molecule has 0 N–H and O–H groups in total. The van der Waals surface area contributed by atoms with Crippen LogP contribution in [0.2, 0.25) is 0 Å². The molecule has 0 saturated carbocycles. The molecule has 0 aliphatic carbocycles. The monoisotopic (exact) mass is 367 g/mol. The highest BCUT2D eigenvalue weighted by Gasteiger charge is 2.23. The van der Waals surface area contributed by atoms with Gasteiger partial charge in [-0.2, -0.15) is 5.10 Å². The second-order valence-electron chi connectivity index (χ2n) is 6.23. The van der Waals surface area contributed by atoms with Gasteiger partial charge in [-0.15, -0.1) is 0 Å². The number of rotatable bonds is 4. The lowest BCUT2D eigenvalue weighted by atomic mass is 10.3. The fourth-order valence-corrected chi connectivity index (χ4v) is 3.05. The Morgan fingerprint density at radius 3 is 2.81 bits per heavy atom. The van der Waals surface area contributed by atoms with Crippen LogP contribution in [0.25, 0.3) is 0 Å². The van der Waals surface area contributed by atoms with Crippen molar-refractivity contribution in [3.63, 3.8) is 0 Å². The molecule has 0 bridgehead atoms. The van der Waals surface area contributed by atoms with Crippen molar-refractivity contribution < 1.29 is 4.79 Å². The van der Waals surface area contributed by atoms with Gasteiger partial charge >= 0.3 is 0 Å². The second-order valence-corrected chi connectivity index (χ2v) is 6.23. The van der Waals surface area contributed by atoms with Crippen LogP contribution in [0.3, 0.4) is 0 Å². The van der Waals surface area contributed by atoms with E-state index < -0.39 is 0 Å². The van der Waals surface area contributed by atoms with Gasteiger partial charge in [-0.3, -0.25) is 19.0 Å². The maximum absolute atomic E-state index is 12.6. The van der Waals surface area contributed by atoms with Crippen LogP contribution in [0.1, 0.15) is 11.5 Å². The highest BCUT2D eigenvalue weighted by molar-refractivity contribution is 5.76. The Hall–Kier alpha value is -3.56. The van der Waals surface area contributed by atoms with Gasteiger partial charge in [0.05, 0.1) is 18.8 Å². The van der Waals surface area contributed by atoms with Crippen molar-refractivity contribution in [3.8, 4) is 0 Å². The largest absolute Gasteiger partial charge is 0.332 e. The van der Waals surface area contributed by atoms with Crippen LogP contribution in [0.4, 0.5) is 0 Å². The zero-order valence-electron chi connectivity index (χ0n) is 14.4. The van der Waals surface area contributed by atoms with Crippen molar-refractivity contribution >= 4 is 5.91 Å². The van der Waals surface area contributed by atoms with E-state index in [1.54, 1.807) is 38.8 Å². The number of hydrogen-bond donors (Lipinski definition) is 0. The van der Waals surface area contributed by atoms with E-state index in [2.05, 4.69) is 15.1 Å². The summed E-state index contributed by atoms with van der Waals surface area (Å²) in [5.41, 5.74) is 0.180. The van der Waals surface area contributed by atoms with E-state index in [0.717, 1.165) is 0 Å². The molecule has 0 fully saturated rings. The lowest BCUT2D eigenvalue weighted by molar-refractivity contribution is -0.133. The fourth-order valence-electron chi connectivity index (χ4n) is 3.05. The van der Waals surface area contributed by atoms with Crippen LogP contribution in [-0.4, -0.2) is 46.2 Å². The average molecular weight is 367 g/mol. The van der Waals surface area contributed by atoms with Crippen molar-refractivity contribution in [2.24, 2.45) is 0 Å². The van der Waals surface area contributed by atoms with E-state index in [-0.39, 0.29) is 30.1 Å². The number of nitrogens with zero attached hydrogens (tertiary/aromatic N) is 7. The summed E-state index contributed by atoms with van der Waals surface area (Å²) in [4.78, 5) is 46.7. The van der Waals surface area contributed by atoms with Gasteiger partial charge in [0.1, 0.15) is 25.0 Å². The van der Waals surface area contributed by atoms with Crippen LogP contribution in [0, 0.1) is 0 Å². The first-order valence-electron chi connectivity index (χ1n) is 8.45. The number of amides is 1. The number of pyridine rings is 1. The average Bonchev–Trinajstić information content (AvgIpc) is 3.16. The molecule has 3 aromatic heterocycles. The molecule has 0 aromatic carbocycles. The van der Waals surface area contributed by atoms with E-state index >= 15 is 0 Å². The number of aromatic nitrogens is 6. The first kappa shape index (κ1) is 16.9. The Balaban J connectivity index is 1.54. The zero-order valence-corrected chi connectivity index (χ0v) is 14.4. The molecule has 1 aliphatic heterocycles. The molecule has 27 heavy (non-hydrogen) atoms. The number of fused-ring (bicyclic) bond motifs is 1. The zero-order chi connectivity index (χ0) is 18.8. The summed E-state index contributed by atoms with van der Waals surface area (Å²) in [6.07, 6.45) is 4.54. The third-order valence-electron chi connectivity index (χ3n) is 4.41. The predicted molar refractivity (Wildman–Crippen MR) is 93.7 cm³/mol. The molecule has 0 atom stereocenters. The minimum atomic E-state index is -0.229. The maximum Gasteiger partial charge on any atom is 0.253 e. The minimum Gasteiger partial charge on any atom is -0.332 e. The van der Waals surface area contributed by atoms with Crippen LogP contribution in [0.15, 0.2) is 52.7 Å². The molecular formula is C17H17N7O3. The summed E-state index contributed by atoms with van der Waals surface area (Å²) in [5.74, 6) is 0.336. The lowest BCUT2D eigenvalue weighted by Gasteiger charge is -2.29. The molecule has 10 nitrogen and oxygen atoms in total. The van der Waals surface area contributed by atoms with Crippen molar-refractivity contribution in [1.82, 2.24) is 33.8 Å². The van der Waals surface area contributed by atoms with Crippen LogP contribution in [0.5, 0.6) is 0 Å². The molecule has 1 amide bonds. The molecule has 3 aromatic rings. The molecular weight excluding hydrogens is 350 g/mol. The van der Waals surface area contributed by atoms with Gasteiger partial charge < -0.3 is 9.47 Å². The van der Waals surface area contributed by atoms with Gasteiger partial charge in [0, 0.05) is 31.4 Å². The molecule has 4 heterocycles. The van der Waals surface area contributed by atoms with Gasteiger partial charge in [0.15, 0.2) is 0 Å². The van der Waals surface area contributed by atoms with Gasteiger partial charge in [-0.25, -0.2) is 14.6 Å². The maximum atomic E-state index is 12.6.